The van der Waals surface area contributed by atoms with Gasteiger partial charge in [0.1, 0.15) is 5.82 Å². The first-order chi connectivity index (χ1) is 4.33. The molecule has 0 spiro atoms. The summed E-state index contributed by atoms with van der Waals surface area (Å²) in [7, 11) is 0. The lowest BCUT2D eigenvalue weighted by Crippen LogP contribution is -1.78. The molecule has 0 saturated heterocycles. The fourth-order valence-electron chi connectivity index (χ4n) is 0.651. The van der Waals surface area contributed by atoms with Gasteiger partial charge in [-0.05, 0) is 12.1 Å². The Kier molecular flexibility index (Phi) is 1.83. The Labute approximate surface area is 54.3 Å². The Balaban J connectivity index is 2.88. The van der Waals surface area contributed by atoms with E-state index in [0.717, 1.165) is 12.0 Å². The van der Waals surface area contributed by atoms with E-state index in [4.69, 9.17) is 0 Å². The zero-order valence-corrected chi connectivity index (χ0v) is 5.10. The molecule has 1 aromatic rings. The van der Waals surface area contributed by atoms with Crippen molar-refractivity contribution in [1.29, 1.82) is 0 Å². The lowest BCUT2D eigenvalue weighted by Gasteiger charge is -1.96. The van der Waals surface area contributed by atoms with Crippen LogP contribution in [0.2, 0.25) is 0 Å². The summed E-state index contributed by atoms with van der Waals surface area (Å²) >= 11 is 0. The Morgan fingerprint density at radius 1 is 1.22 bits per heavy atom. The second-order valence-electron chi connectivity index (χ2n) is 1.88. The van der Waals surface area contributed by atoms with Crippen LogP contribution in [0.1, 0.15) is 5.56 Å². The summed E-state index contributed by atoms with van der Waals surface area (Å²) in [6.07, 6.45) is 0.722. The molecule has 48 valence electrons. The fraction of sp³-hybridized carbons (Fsp3) is 0.125. The van der Waals surface area contributed by atoms with Gasteiger partial charge >= 0.3 is 0 Å². The molecule has 0 radical (unpaired) electrons. The predicted molar refractivity (Wildman–Crippen MR) is 35.5 cm³/mol. The molecule has 0 heterocycles. The van der Waals surface area contributed by atoms with Crippen molar-refractivity contribution in [2.45, 2.75) is 6.42 Å². The third-order valence-electron chi connectivity index (χ3n) is 1.20. The Hall–Kier alpha value is -0.850. The van der Waals surface area contributed by atoms with Crippen molar-refractivity contribution in [3.63, 3.8) is 0 Å². The number of hydrogen-bond donors (Lipinski definition) is 0. The van der Waals surface area contributed by atoms with Gasteiger partial charge in [0.05, 0.1) is 0 Å². The molecule has 0 aliphatic rings. The maximum Gasteiger partial charge on any atom is 0.123 e. The summed E-state index contributed by atoms with van der Waals surface area (Å²) in [6.45, 7) is 3.66. The van der Waals surface area contributed by atoms with Crippen molar-refractivity contribution < 1.29 is 4.39 Å². The van der Waals surface area contributed by atoms with Crippen LogP contribution in [-0.4, -0.2) is 0 Å². The molecule has 0 aliphatic carbocycles. The molecular weight excluding hydrogens is 115 g/mol. The van der Waals surface area contributed by atoms with Crippen LogP contribution in [0.3, 0.4) is 0 Å². The van der Waals surface area contributed by atoms with E-state index in [0.29, 0.717) is 0 Å². The largest absolute Gasteiger partial charge is 0.339 e. The topological polar surface area (TPSA) is 0 Å². The Morgan fingerprint density at radius 2 is 1.78 bits per heavy atom. The second-order valence-corrected chi connectivity index (χ2v) is 1.88. The van der Waals surface area contributed by atoms with Crippen molar-refractivity contribution in [1.82, 2.24) is 0 Å². The molecule has 0 N–H and O–H groups in total. The van der Waals surface area contributed by atoms with Crippen LogP contribution in [0.25, 0.3) is 0 Å². The van der Waals surface area contributed by atoms with Gasteiger partial charge in [0.25, 0.3) is 0 Å². The number of halogens is 1. The summed E-state index contributed by atoms with van der Waals surface area (Å²) in [5.74, 6) is -0.188. The molecule has 0 fully saturated rings. The van der Waals surface area contributed by atoms with E-state index in [2.05, 4.69) is 6.92 Å². The predicted octanol–water partition coefficient (Wildman–Crippen LogP) is 2.20. The highest BCUT2D eigenvalue weighted by molar-refractivity contribution is 5.16. The minimum Gasteiger partial charge on any atom is -0.339 e. The maximum absolute atomic E-state index is 12.2. The van der Waals surface area contributed by atoms with Gasteiger partial charge < -0.3 is 6.92 Å². The number of benzene rings is 1. The van der Waals surface area contributed by atoms with Gasteiger partial charge in [-0.15, -0.1) is 0 Å². The van der Waals surface area contributed by atoms with Gasteiger partial charge in [0.2, 0.25) is 0 Å². The van der Waals surface area contributed by atoms with Crippen molar-refractivity contribution in [2.24, 2.45) is 0 Å². The van der Waals surface area contributed by atoms with E-state index >= 15 is 0 Å². The zero-order chi connectivity index (χ0) is 6.69. The van der Waals surface area contributed by atoms with Crippen molar-refractivity contribution in [2.75, 3.05) is 0 Å². The molecule has 0 saturated carbocycles. The molecule has 1 aromatic carbocycles. The summed E-state index contributed by atoms with van der Waals surface area (Å²) in [5.41, 5.74) is 1.07. The van der Waals surface area contributed by atoms with Gasteiger partial charge in [-0.2, -0.15) is 6.42 Å². The molecule has 0 bridgehead atoms. The van der Waals surface area contributed by atoms with Crippen LogP contribution in [0.4, 0.5) is 4.39 Å². The third-order valence-corrected chi connectivity index (χ3v) is 1.20. The SMILES string of the molecule is [CH2-]Cc1ccc(F)cc1. The summed E-state index contributed by atoms with van der Waals surface area (Å²) in [4.78, 5) is 0. The first kappa shape index (κ1) is 6.27. The highest BCUT2D eigenvalue weighted by Crippen LogP contribution is 2.01. The molecule has 0 atom stereocenters. The quantitative estimate of drug-likeness (QED) is 0.502. The van der Waals surface area contributed by atoms with Crippen molar-refractivity contribution in [3.05, 3.63) is 42.6 Å². The fourth-order valence-corrected chi connectivity index (χ4v) is 0.651. The van der Waals surface area contributed by atoms with E-state index in [1.165, 1.54) is 12.1 Å². The van der Waals surface area contributed by atoms with Gasteiger partial charge in [-0.1, -0.05) is 17.7 Å². The van der Waals surface area contributed by atoms with Crippen LogP contribution < -0.4 is 0 Å². The van der Waals surface area contributed by atoms with E-state index in [-0.39, 0.29) is 5.82 Å². The number of hydrogen-bond acceptors (Lipinski definition) is 0. The molecule has 0 aromatic heterocycles. The smallest absolute Gasteiger partial charge is 0.123 e. The van der Waals surface area contributed by atoms with Crippen LogP contribution in [0, 0.1) is 12.7 Å². The maximum atomic E-state index is 12.2. The second kappa shape index (κ2) is 2.62. The van der Waals surface area contributed by atoms with Gasteiger partial charge in [0, 0.05) is 0 Å². The third kappa shape index (κ3) is 1.53. The monoisotopic (exact) mass is 123 g/mol. The molecule has 0 unspecified atom stereocenters. The highest BCUT2D eigenvalue weighted by atomic mass is 19.1. The summed E-state index contributed by atoms with van der Waals surface area (Å²) in [5, 5.41) is 0. The van der Waals surface area contributed by atoms with Crippen molar-refractivity contribution >= 4 is 0 Å². The minimum atomic E-state index is -0.188. The molecule has 1 rings (SSSR count). The molecular formula is C8H8F-. The van der Waals surface area contributed by atoms with Gasteiger partial charge in [-0.25, -0.2) is 4.39 Å². The molecule has 9 heavy (non-hydrogen) atoms. The zero-order valence-electron chi connectivity index (χ0n) is 5.10. The summed E-state index contributed by atoms with van der Waals surface area (Å²) < 4.78 is 12.2. The Morgan fingerprint density at radius 3 is 2.22 bits per heavy atom. The highest BCUT2D eigenvalue weighted by Gasteiger charge is 1.85. The van der Waals surface area contributed by atoms with Crippen LogP contribution in [0.15, 0.2) is 24.3 Å². The first-order valence-electron chi connectivity index (χ1n) is 2.86. The van der Waals surface area contributed by atoms with Crippen molar-refractivity contribution in [3.8, 4) is 0 Å². The van der Waals surface area contributed by atoms with E-state index < -0.39 is 0 Å². The van der Waals surface area contributed by atoms with Crippen LogP contribution in [-0.2, 0) is 6.42 Å². The van der Waals surface area contributed by atoms with Gasteiger partial charge in [0.15, 0.2) is 0 Å². The molecule has 1 heteroatoms. The Bertz CT molecular complexity index is 176. The first-order valence-corrected chi connectivity index (χ1v) is 2.86. The number of rotatable bonds is 1. The molecule has 0 nitrogen and oxygen atoms in total. The standard InChI is InChI=1S/C8H8F/c1-2-7-3-5-8(9)6-4-7/h3-6H,1-2H2/q-1. The normalized spacial score (nSPS) is 9.56. The van der Waals surface area contributed by atoms with E-state index in [1.807, 2.05) is 0 Å². The van der Waals surface area contributed by atoms with Gasteiger partial charge in [-0.3, -0.25) is 0 Å². The minimum absolute atomic E-state index is 0.188. The lowest BCUT2D eigenvalue weighted by atomic mass is 10.2. The average molecular weight is 123 g/mol. The average Bonchev–Trinajstić information content (AvgIpc) is 1.90. The van der Waals surface area contributed by atoms with E-state index in [9.17, 15) is 4.39 Å². The van der Waals surface area contributed by atoms with E-state index in [1.54, 1.807) is 12.1 Å². The molecule has 0 aliphatic heterocycles. The lowest BCUT2D eigenvalue weighted by molar-refractivity contribution is 0.627. The molecule has 0 amide bonds. The van der Waals surface area contributed by atoms with Crippen LogP contribution in [0.5, 0.6) is 0 Å². The summed E-state index contributed by atoms with van der Waals surface area (Å²) in [6, 6.07) is 6.37. The van der Waals surface area contributed by atoms with Crippen LogP contribution >= 0.6 is 0 Å².